The summed E-state index contributed by atoms with van der Waals surface area (Å²) < 4.78 is 18.2. The first-order valence-corrected chi connectivity index (χ1v) is 4.68. The largest absolute Gasteiger partial charge is 0.485 e. The second-order valence-corrected chi connectivity index (χ2v) is 3.19. The van der Waals surface area contributed by atoms with E-state index in [-0.39, 0.29) is 12.4 Å². The van der Waals surface area contributed by atoms with Crippen LogP contribution in [0.25, 0.3) is 0 Å². The van der Waals surface area contributed by atoms with Gasteiger partial charge in [-0.15, -0.1) is 0 Å². The zero-order chi connectivity index (χ0) is 11.4. The molecule has 0 amide bonds. The van der Waals surface area contributed by atoms with Gasteiger partial charge >= 0.3 is 0 Å². The molecule has 0 fully saturated rings. The Kier molecular flexibility index (Phi) is 2.95. The third-order valence-corrected chi connectivity index (χ3v) is 1.96. The van der Waals surface area contributed by atoms with Gasteiger partial charge in [0.05, 0.1) is 6.20 Å². The molecule has 0 unspecified atom stereocenters. The van der Waals surface area contributed by atoms with E-state index in [4.69, 9.17) is 10.5 Å². The van der Waals surface area contributed by atoms with Crippen molar-refractivity contribution in [1.29, 1.82) is 0 Å². The van der Waals surface area contributed by atoms with E-state index in [1.54, 1.807) is 18.3 Å². The first-order valence-electron chi connectivity index (χ1n) is 4.68. The second-order valence-electron chi connectivity index (χ2n) is 3.19. The van der Waals surface area contributed by atoms with Crippen LogP contribution in [0.5, 0.6) is 5.75 Å². The maximum Gasteiger partial charge on any atom is 0.166 e. The van der Waals surface area contributed by atoms with E-state index in [0.29, 0.717) is 17.1 Å². The van der Waals surface area contributed by atoms with E-state index in [1.165, 1.54) is 12.3 Å². The highest BCUT2D eigenvalue weighted by molar-refractivity contribution is 5.44. The molecule has 0 aliphatic rings. The fourth-order valence-corrected chi connectivity index (χ4v) is 1.22. The summed E-state index contributed by atoms with van der Waals surface area (Å²) in [5, 5.41) is 0. The van der Waals surface area contributed by atoms with Crippen molar-refractivity contribution in [3.8, 4) is 5.75 Å². The average molecular weight is 219 g/mol. The number of hydrogen-bond acceptors (Lipinski definition) is 4. The molecule has 4 nitrogen and oxygen atoms in total. The van der Waals surface area contributed by atoms with Gasteiger partial charge in [0.15, 0.2) is 11.6 Å². The molecule has 0 saturated heterocycles. The molecule has 0 radical (unpaired) electrons. The summed E-state index contributed by atoms with van der Waals surface area (Å²) in [4.78, 5) is 7.59. The summed E-state index contributed by atoms with van der Waals surface area (Å²) in [6, 6.07) is 4.78. The lowest BCUT2D eigenvalue weighted by Gasteiger charge is -2.07. The predicted octanol–water partition coefficient (Wildman–Crippen LogP) is 1.78. The lowest BCUT2D eigenvalue weighted by molar-refractivity contribution is 0.305. The summed E-state index contributed by atoms with van der Waals surface area (Å²) in [5.41, 5.74) is 6.23. The first kappa shape index (κ1) is 10.4. The van der Waals surface area contributed by atoms with E-state index in [2.05, 4.69) is 9.97 Å². The molecule has 82 valence electrons. The van der Waals surface area contributed by atoms with Gasteiger partial charge in [-0.1, -0.05) is 0 Å². The number of halogens is 1. The Balaban J connectivity index is 2.05. The van der Waals surface area contributed by atoms with Crippen LogP contribution in [0, 0.1) is 5.82 Å². The van der Waals surface area contributed by atoms with Crippen LogP contribution in [-0.2, 0) is 6.61 Å². The molecule has 0 aliphatic heterocycles. The van der Waals surface area contributed by atoms with Crippen LogP contribution in [0.4, 0.5) is 10.2 Å². The molecule has 16 heavy (non-hydrogen) atoms. The number of pyridine rings is 2. The highest BCUT2D eigenvalue weighted by Gasteiger charge is 2.01. The minimum Gasteiger partial charge on any atom is -0.485 e. The topological polar surface area (TPSA) is 61.0 Å². The highest BCUT2D eigenvalue weighted by atomic mass is 19.1. The third-order valence-electron chi connectivity index (χ3n) is 1.96. The fraction of sp³-hybridized carbons (Fsp3) is 0.0909. The molecule has 2 N–H and O–H groups in total. The summed E-state index contributed by atoms with van der Waals surface area (Å²) in [6.07, 6.45) is 4.25. The predicted molar refractivity (Wildman–Crippen MR) is 57.2 cm³/mol. The number of ether oxygens (including phenoxy) is 1. The molecule has 2 heterocycles. The van der Waals surface area contributed by atoms with Gasteiger partial charge in [0, 0.05) is 18.0 Å². The van der Waals surface area contributed by atoms with Crippen molar-refractivity contribution < 1.29 is 9.13 Å². The Labute approximate surface area is 91.9 Å². The minimum absolute atomic E-state index is 0.209. The Morgan fingerprint density at radius 1 is 1.38 bits per heavy atom. The van der Waals surface area contributed by atoms with Crippen molar-refractivity contribution in [3.63, 3.8) is 0 Å². The van der Waals surface area contributed by atoms with Gasteiger partial charge in [-0.3, -0.25) is 4.98 Å². The van der Waals surface area contributed by atoms with Gasteiger partial charge < -0.3 is 10.5 Å². The molecular formula is C11H10FN3O. The van der Waals surface area contributed by atoms with Crippen molar-refractivity contribution in [1.82, 2.24) is 9.97 Å². The maximum absolute atomic E-state index is 12.8. The second kappa shape index (κ2) is 4.57. The van der Waals surface area contributed by atoms with Gasteiger partial charge in [-0.25, -0.2) is 9.37 Å². The number of anilines is 1. The van der Waals surface area contributed by atoms with E-state index >= 15 is 0 Å². The summed E-state index contributed by atoms with van der Waals surface area (Å²) in [7, 11) is 0. The van der Waals surface area contributed by atoms with E-state index in [1.807, 2.05) is 0 Å². The van der Waals surface area contributed by atoms with Crippen LogP contribution < -0.4 is 10.5 Å². The smallest absolute Gasteiger partial charge is 0.166 e. The van der Waals surface area contributed by atoms with E-state index in [0.717, 1.165) is 6.20 Å². The number of nitrogens with zero attached hydrogens (tertiary/aromatic N) is 2. The van der Waals surface area contributed by atoms with Crippen molar-refractivity contribution in [2.45, 2.75) is 6.61 Å². The summed E-state index contributed by atoms with van der Waals surface area (Å²) in [5.74, 6) is 0.402. The van der Waals surface area contributed by atoms with Crippen molar-refractivity contribution in [2.24, 2.45) is 0 Å². The fourth-order valence-electron chi connectivity index (χ4n) is 1.22. The molecule has 0 aliphatic carbocycles. The maximum atomic E-state index is 12.8. The van der Waals surface area contributed by atoms with Crippen LogP contribution in [0.3, 0.4) is 0 Å². The van der Waals surface area contributed by atoms with Gasteiger partial charge in [0.25, 0.3) is 0 Å². The molecule has 0 aromatic carbocycles. The number of nitrogens with two attached hydrogens (primary N) is 1. The number of hydrogen-bond donors (Lipinski definition) is 1. The van der Waals surface area contributed by atoms with E-state index < -0.39 is 0 Å². The van der Waals surface area contributed by atoms with Crippen LogP contribution >= 0.6 is 0 Å². The number of aromatic nitrogens is 2. The lowest BCUT2D eigenvalue weighted by atomic mass is 10.3. The monoisotopic (exact) mass is 219 g/mol. The number of nitrogen functional groups attached to an aromatic ring is 1. The Bertz CT molecular complexity index is 490. The zero-order valence-corrected chi connectivity index (χ0v) is 8.43. The molecule has 2 rings (SSSR count). The van der Waals surface area contributed by atoms with E-state index in [9.17, 15) is 4.39 Å². The molecule has 2 aromatic heterocycles. The quantitative estimate of drug-likeness (QED) is 0.854. The van der Waals surface area contributed by atoms with Gasteiger partial charge in [0.2, 0.25) is 0 Å². The first-order chi connectivity index (χ1) is 7.75. The van der Waals surface area contributed by atoms with Gasteiger partial charge in [0.1, 0.15) is 12.4 Å². The number of rotatable bonds is 3. The van der Waals surface area contributed by atoms with Crippen molar-refractivity contribution in [2.75, 3.05) is 5.73 Å². The zero-order valence-electron chi connectivity index (χ0n) is 8.43. The molecule has 2 aromatic rings. The molecule has 0 atom stereocenters. The SMILES string of the molecule is Nc1ncccc1OCc1cncc(F)c1. The Morgan fingerprint density at radius 3 is 3.00 bits per heavy atom. The highest BCUT2D eigenvalue weighted by Crippen LogP contribution is 2.18. The Morgan fingerprint density at radius 2 is 2.25 bits per heavy atom. The van der Waals surface area contributed by atoms with Crippen LogP contribution in [0.15, 0.2) is 36.8 Å². The normalized spacial score (nSPS) is 10.1. The molecule has 0 bridgehead atoms. The molecule has 0 spiro atoms. The standard InChI is InChI=1S/C11H10FN3O/c12-9-4-8(5-14-6-9)7-16-10-2-1-3-15-11(10)13/h1-6H,7H2,(H2,13,15). The van der Waals surface area contributed by atoms with Gasteiger partial charge in [-0.2, -0.15) is 0 Å². The van der Waals surface area contributed by atoms with Gasteiger partial charge in [-0.05, 0) is 18.2 Å². The van der Waals surface area contributed by atoms with Crippen LogP contribution in [0.1, 0.15) is 5.56 Å². The lowest BCUT2D eigenvalue weighted by Crippen LogP contribution is -2.00. The minimum atomic E-state index is -0.389. The molecular weight excluding hydrogens is 209 g/mol. The van der Waals surface area contributed by atoms with Crippen LogP contribution in [-0.4, -0.2) is 9.97 Å². The Hall–Kier alpha value is -2.17. The molecule has 5 heteroatoms. The molecule has 0 saturated carbocycles. The van der Waals surface area contributed by atoms with Crippen molar-refractivity contribution >= 4 is 5.82 Å². The summed E-state index contributed by atoms with van der Waals surface area (Å²) in [6.45, 7) is 0.209. The van der Waals surface area contributed by atoms with Crippen LogP contribution in [0.2, 0.25) is 0 Å². The van der Waals surface area contributed by atoms with Crippen molar-refractivity contribution in [3.05, 3.63) is 48.2 Å². The average Bonchev–Trinajstić information content (AvgIpc) is 2.28. The third kappa shape index (κ3) is 2.44. The summed E-state index contributed by atoms with van der Waals surface area (Å²) >= 11 is 0.